The molecule has 1 unspecified atom stereocenters. The minimum atomic E-state index is -1.37. The van der Waals surface area contributed by atoms with E-state index in [4.69, 9.17) is 0 Å². The van der Waals surface area contributed by atoms with Crippen molar-refractivity contribution in [1.82, 2.24) is 10.3 Å². The molecule has 0 saturated carbocycles. The molecule has 116 valence electrons. The first kappa shape index (κ1) is 16.1. The van der Waals surface area contributed by atoms with Gasteiger partial charge in [-0.25, -0.2) is 9.78 Å². The predicted octanol–water partition coefficient (Wildman–Crippen LogP) is 1.38. The van der Waals surface area contributed by atoms with Crippen LogP contribution >= 0.6 is 11.3 Å². The van der Waals surface area contributed by atoms with Crippen molar-refractivity contribution in [2.45, 2.75) is 13.0 Å². The maximum absolute atomic E-state index is 11.9. The Morgan fingerprint density at radius 2 is 2.05 bits per heavy atom. The Morgan fingerprint density at radius 1 is 1.36 bits per heavy atom. The van der Waals surface area contributed by atoms with Crippen LogP contribution in [-0.4, -0.2) is 41.7 Å². The molecule has 0 fully saturated rings. The smallest absolute Gasteiger partial charge is 0.336 e. The number of methoxy groups -OCH3 is 1. The van der Waals surface area contributed by atoms with Crippen LogP contribution < -0.4 is 5.32 Å². The van der Waals surface area contributed by atoms with Crippen molar-refractivity contribution in [3.05, 3.63) is 40.2 Å². The van der Waals surface area contributed by atoms with Gasteiger partial charge < -0.3 is 15.2 Å². The molecule has 2 rings (SSSR count). The van der Waals surface area contributed by atoms with E-state index < -0.39 is 12.1 Å². The quantitative estimate of drug-likeness (QED) is 0.813. The monoisotopic (exact) mass is 320 g/mol. The number of aromatic nitrogens is 1. The van der Waals surface area contributed by atoms with Crippen LogP contribution in [0.4, 0.5) is 0 Å². The third-order valence-corrected chi connectivity index (χ3v) is 3.76. The topological polar surface area (TPSA) is 88.5 Å². The van der Waals surface area contributed by atoms with E-state index >= 15 is 0 Å². The zero-order valence-corrected chi connectivity index (χ0v) is 13.0. The van der Waals surface area contributed by atoms with Crippen molar-refractivity contribution < 1.29 is 19.4 Å². The Labute approximate surface area is 131 Å². The van der Waals surface area contributed by atoms with Gasteiger partial charge in [0.05, 0.1) is 24.4 Å². The van der Waals surface area contributed by atoms with Crippen LogP contribution in [0.25, 0.3) is 11.3 Å². The number of ether oxygens (including phenoxy) is 1. The first-order valence-corrected chi connectivity index (χ1v) is 7.46. The number of carbonyl (C=O) groups excluding carboxylic acids is 2. The number of amides is 1. The first-order valence-electron chi connectivity index (χ1n) is 6.58. The molecular formula is C15H16N2O4S. The lowest BCUT2D eigenvalue weighted by atomic mass is 10.1. The lowest BCUT2D eigenvalue weighted by Gasteiger charge is -2.10. The highest BCUT2D eigenvalue weighted by Gasteiger charge is 2.16. The van der Waals surface area contributed by atoms with E-state index in [-0.39, 0.29) is 12.5 Å². The summed E-state index contributed by atoms with van der Waals surface area (Å²) < 4.78 is 4.37. The molecule has 0 bridgehead atoms. The average Bonchev–Trinajstić information content (AvgIpc) is 2.98. The second-order valence-electron chi connectivity index (χ2n) is 4.58. The molecule has 0 aliphatic carbocycles. The molecule has 0 aliphatic heterocycles. The van der Waals surface area contributed by atoms with Crippen molar-refractivity contribution in [3.8, 4) is 11.3 Å². The normalized spacial score (nSPS) is 11.8. The number of aryl methyl sites for hydroxylation is 1. The second kappa shape index (κ2) is 7.15. The summed E-state index contributed by atoms with van der Waals surface area (Å²) in [7, 11) is 1.17. The fourth-order valence-electron chi connectivity index (χ4n) is 1.80. The summed E-state index contributed by atoms with van der Waals surface area (Å²) in [6.45, 7) is 1.74. The van der Waals surface area contributed by atoms with Crippen molar-refractivity contribution >= 4 is 23.2 Å². The number of rotatable bonds is 5. The molecule has 2 N–H and O–H groups in total. The molecule has 0 aliphatic rings. The molecule has 1 amide bonds. The number of esters is 1. The molecule has 22 heavy (non-hydrogen) atoms. The molecule has 1 aromatic carbocycles. The van der Waals surface area contributed by atoms with E-state index in [2.05, 4.69) is 15.0 Å². The highest BCUT2D eigenvalue weighted by atomic mass is 32.1. The van der Waals surface area contributed by atoms with Crippen LogP contribution in [0.5, 0.6) is 0 Å². The summed E-state index contributed by atoms with van der Waals surface area (Å²) in [6, 6.07) is 6.95. The van der Waals surface area contributed by atoms with Gasteiger partial charge in [0.15, 0.2) is 6.10 Å². The van der Waals surface area contributed by atoms with E-state index in [0.717, 1.165) is 16.3 Å². The van der Waals surface area contributed by atoms with Crippen LogP contribution in [0.15, 0.2) is 29.6 Å². The first-order chi connectivity index (χ1) is 10.5. The van der Waals surface area contributed by atoms with Crippen molar-refractivity contribution in [1.29, 1.82) is 0 Å². The second-order valence-corrected chi connectivity index (χ2v) is 5.64. The molecule has 1 atom stereocenters. The Morgan fingerprint density at radius 3 is 2.59 bits per heavy atom. The lowest BCUT2D eigenvalue weighted by molar-refractivity contribution is -0.149. The molecule has 0 saturated heterocycles. The van der Waals surface area contributed by atoms with E-state index in [1.807, 2.05) is 12.3 Å². The number of aliphatic hydroxyl groups excluding tert-OH is 1. The van der Waals surface area contributed by atoms with E-state index in [0.29, 0.717) is 5.56 Å². The molecule has 1 aromatic heterocycles. The Bertz CT molecular complexity index is 666. The fourth-order valence-corrected chi connectivity index (χ4v) is 2.42. The summed E-state index contributed by atoms with van der Waals surface area (Å²) in [6.07, 6.45) is -1.37. The van der Waals surface area contributed by atoms with Gasteiger partial charge in [-0.1, -0.05) is 12.1 Å². The van der Waals surface area contributed by atoms with Crippen molar-refractivity contribution in [2.75, 3.05) is 13.7 Å². The minimum absolute atomic E-state index is 0.196. The highest BCUT2D eigenvalue weighted by molar-refractivity contribution is 7.09. The summed E-state index contributed by atoms with van der Waals surface area (Å²) in [5.74, 6) is -1.15. The lowest BCUT2D eigenvalue weighted by Crippen LogP contribution is -2.37. The number of hydrogen-bond donors (Lipinski definition) is 2. The number of nitrogens with zero attached hydrogens (tertiary/aromatic N) is 1. The van der Waals surface area contributed by atoms with Crippen LogP contribution in [0.3, 0.4) is 0 Å². The molecule has 0 radical (unpaired) electrons. The van der Waals surface area contributed by atoms with Gasteiger partial charge in [0.25, 0.3) is 5.91 Å². The summed E-state index contributed by atoms with van der Waals surface area (Å²) >= 11 is 1.56. The molecule has 7 heteroatoms. The van der Waals surface area contributed by atoms with Gasteiger partial charge >= 0.3 is 5.97 Å². The Hall–Kier alpha value is -2.25. The standard InChI is InChI=1S/C15H16N2O4S/c1-9-17-12(8-22-9)10-3-5-11(6-4-10)14(19)16-7-13(18)15(20)21-2/h3-6,8,13,18H,7H2,1-2H3,(H,16,19). The number of carbonyl (C=O) groups is 2. The van der Waals surface area contributed by atoms with Crippen LogP contribution in [0, 0.1) is 6.92 Å². The number of benzene rings is 1. The average molecular weight is 320 g/mol. The number of aliphatic hydroxyl groups is 1. The van der Waals surface area contributed by atoms with Gasteiger partial charge in [-0.05, 0) is 19.1 Å². The Balaban J connectivity index is 1.98. The van der Waals surface area contributed by atoms with Gasteiger partial charge in [0.2, 0.25) is 0 Å². The zero-order chi connectivity index (χ0) is 16.1. The summed E-state index contributed by atoms with van der Waals surface area (Å²) in [5, 5.41) is 14.8. The number of nitrogens with one attached hydrogen (secondary N) is 1. The highest BCUT2D eigenvalue weighted by Crippen LogP contribution is 2.21. The van der Waals surface area contributed by atoms with Gasteiger partial charge in [-0.15, -0.1) is 11.3 Å². The number of hydrogen-bond acceptors (Lipinski definition) is 6. The van der Waals surface area contributed by atoms with Crippen molar-refractivity contribution in [2.24, 2.45) is 0 Å². The zero-order valence-electron chi connectivity index (χ0n) is 12.2. The van der Waals surface area contributed by atoms with Crippen molar-refractivity contribution in [3.63, 3.8) is 0 Å². The van der Waals surface area contributed by atoms with Crippen LogP contribution in [0.1, 0.15) is 15.4 Å². The molecule has 1 heterocycles. The van der Waals surface area contributed by atoms with E-state index in [1.54, 1.807) is 35.6 Å². The van der Waals surface area contributed by atoms with Gasteiger partial charge in [-0.3, -0.25) is 4.79 Å². The van der Waals surface area contributed by atoms with Crippen LogP contribution in [-0.2, 0) is 9.53 Å². The predicted molar refractivity (Wildman–Crippen MR) is 82.6 cm³/mol. The summed E-state index contributed by atoms with van der Waals surface area (Å²) in [4.78, 5) is 27.3. The van der Waals surface area contributed by atoms with Gasteiger partial charge in [0.1, 0.15) is 0 Å². The van der Waals surface area contributed by atoms with Gasteiger partial charge in [-0.2, -0.15) is 0 Å². The molecule has 2 aromatic rings. The molecule has 0 spiro atoms. The fraction of sp³-hybridized carbons (Fsp3) is 0.267. The maximum Gasteiger partial charge on any atom is 0.336 e. The third kappa shape index (κ3) is 3.90. The molecular weight excluding hydrogens is 304 g/mol. The number of thiazole rings is 1. The van der Waals surface area contributed by atoms with E-state index in [1.165, 1.54) is 7.11 Å². The Kier molecular flexibility index (Phi) is 5.24. The SMILES string of the molecule is COC(=O)C(O)CNC(=O)c1ccc(-c2csc(C)n2)cc1. The largest absolute Gasteiger partial charge is 0.467 e. The summed E-state index contributed by atoms with van der Waals surface area (Å²) in [5.41, 5.74) is 2.24. The van der Waals surface area contributed by atoms with Gasteiger partial charge in [0, 0.05) is 16.5 Å². The van der Waals surface area contributed by atoms with E-state index in [9.17, 15) is 14.7 Å². The molecule has 6 nitrogen and oxygen atoms in total. The minimum Gasteiger partial charge on any atom is -0.467 e. The third-order valence-electron chi connectivity index (χ3n) is 2.99. The maximum atomic E-state index is 11.9. The van der Waals surface area contributed by atoms with Crippen LogP contribution in [0.2, 0.25) is 0 Å².